The summed E-state index contributed by atoms with van der Waals surface area (Å²) in [6, 6.07) is 2.54. The zero-order chi connectivity index (χ0) is 13.8. The second-order valence-corrected chi connectivity index (χ2v) is 4.98. The molecular weight excluding hydrogens is 240 g/mol. The Labute approximate surface area is 114 Å². The van der Waals surface area contributed by atoms with Crippen LogP contribution in [0.2, 0.25) is 0 Å². The van der Waals surface area contributed by atoms with E-state index in [1.54, 1.807) is 6.20 Å². The van der Waals surface area contributed by atoms with Crippen LogP contribution in [0.1, 0.15) is 32.4 Å². The molecule has 19 heavy (non-hydrogen) atoms. The maximum Gasteiger partial charge on any atom is 0.196 e. The van der Waals surface area contributed by atoms with E-state index in [4.69, 9.17) is 4.42 Å². The Bertz CT molecular complexity index is 527. The fraction of sp³-hybridized carbons (Fsp3) is 0.571. The Morgan fingerprint density at radius 1 is 1.42 bits per heavy atom. The Kier molecular flexibility index (Phi) is 4.37. The van der Waals surface area contributed by atoms with Crippen molar-refractivity contribution in [2.75, 3.05) is 6.54 Å². The lowest BCUT2D eigenvalue weighted by Gasteiger charge is -2.05. The van der Waals surface area contributed by atoms with E-state index in [2.05, 4.69) is 42.2 Å². The minimum absolute atomic E-state index is 0.485. The molecule has 5 heteroatoms. The summed E-state index contributed by atoms with van der Waals surface area (Å²) in [7, 11) is 1.93. The quantitative estimate of drug-likeness (QED) is 0.867. The van der Waals surface area contributed by atoms with Gasteiger partial charge in [-0.2, -0.15) is 5.10 Å². The van der Waals surface area contributed by atoms with Crippen molar-refractivity contribution in [1.29, 1.82) is 0 Å². The van der Waals surface area contributed by atoms with Crippen LogP contribution in [0.3, 0.4) is 0 Å². The first-order valence-electron chi connectivity index (χ1n) is 6.81. The molecule has 2 heterocycles. The first-order valence-corrected chi connectivity index (χ1v) is 6.81. The number of hydrogen-bond acceptors (Lipinski definition) is 4. The fourth-order valence-electron chi connectivity index (χ4n) is 1.94. The van der Waals surface area contributed by atoms with Crippen LogP contribution in [-0.4, -0.2) is 27.4 Å². The summed E-state index contributed by atoms with van der Waals surface area (Å²) in [6.45, 7) is 7.23. The zero-order valence-electron chi connectivity index (χ0n) is 12.1. The molecule has 0 radical (unpaired) electrons. The predicted molar refractivity (Wildman–Crippen MR) is 74.9 cm³/mol. The third-order valence-electron chi connectivity index (χ3n) is 2.99. The normalized spacial score (nSPS) is 11.4. The summed E-state index contributed by atoms with van der Waals surface area (Å²) < 4.78 is 7.62. The van der Waals surface area contributed by atoms with E-state index in [9.17, 15) is 0 Å². The van der Waals surface area contributed by atoms with E-state index in [0.29, 0.717) is 6.04 Å². The van der Waals surface area contributed by atoms with Crippen molar-refractivity contribution < 1.29 is 4.42 Å². The summed E-state index contributed by atoms with van der Waals surface area (Å²) >= 11 is 0. The van der Waals surface area contributed by atoms with E-state index in [1.165, 1.54) is 0 Å². The first-order chi connectivity index (χ1) is 9.10. The molecule has 2 aromatic rings. The molecule has 0 aliphatic heterocycles. The summed E-state index contributed by atoms with van der Waals surface area (Å²) in [5.41, 5.74) is 2.05. The van der Waals surface area contributed by atoms with Crippen molar-refractivity contribution in [3.05, 3.63) is 23.8 Å². The van der Waals surface area contributed by atoms with Crippen molar-refractivity contribution in [1.82, 2.24) is 20.1 Å². The number of oxazole rings is 1. The Hall–Kier alpha value is -1.62. The molecule has 0 atom stereocenters. The molecule has 104 valence electrons. The summed E-state index contributed by atoms with van der Waals surface area (Å²) in [4.78, 5) is 4.32. The summed E-state index contributed by atoms with van der Waals surface area (Å²) in [5, 5.41) is 7.77. The second kappa shape index (κ2) is 6.02. The van der Waals surface area contributed by atoms with Gasteiger partial charge < -0.3 is 9.73 Å². The van der Waals surface area contributed by atoms with Crippen LogP contribution in [-0.2, 0) is 19.9 Å². The van der Waals surface area contributed by atoms with E-state index in [1.807, 2.05) is 11.7 Å². The van der Waals surface area contributed by atoms with Gasteiger partial charge in [0, 0.05) is 26.1 Å². The molecule has 5 nitrogen and oxygen atoms in total. The molecule has 0 saturated heterocycles. The monoisotopic (exact) mass is 262 g/mol. The highest BCUT2D eigenvalue weighted by molar-refractivity contribution is 5.51. The molecule has 0 amide bonds. The molecule has 0 fully saturated rings. The van der Waals surface area contributed by atoms with E-state index in [0.717, 1.165) is 42.4 Å². The van der Waals surface area contributed by atoms with Gasteiger partial charge in [-0.3, -0.25) is 4.68 Å². The zero-order valence-corrected chi connectivity index (χ0v) is 12.1. The number of nitrogens with one attached hydrogen (secondary N) is 1. The van der Waals surface area contributed by atoms with Crippen molar-refractivity contribution in [3.8, 4) is 11.5 Å². The molecular formula is C14H22N4O. The maximum absolute atomic E-state index is 5.78. The van der Waals surface area contributed by atoms with Gasteiger partial charge in [0.2, 0.25) is 0 Å². The number of aromatic nitrogens is 3. The summed E-state index contributed by atoms with van der Waals surface area (Å²) in [5.74, 6) is 1.55. The van der Waals surface area contributed by atoms with Crippen LogP contribution in [0.4, 0.5) is 0 Å². The molecule has 0 spiro atoms. The smallest absolute Gasteiger partial charge is 0.196 e. The van der Waals surface area contributed by atoms with Gasteiger partial charge in [0.1, 0.15) is 5.69 Å². The van der Waals surface area contributed by atoms with Crippen LogP contribution in [0.25, 0.3) is 11.5 Å². The Morgan fingerprint density at radius 3 is 2.84 bits per heavy atom. The van der Waals surface area contributed by atoms with Crippen LogP contribution in [0.15, 0.2) is 16.7 Å². The first kappa shape index (κ1) is 13.8. The van der Waals surface area contributed by atoms with Gasteiger partial charge in [-0.15, -0.1) is 0 Å². The molecule has 0 bridgehead atoms. The Balaban J connectivity index is 2.05. The number of rotatable bonds is 6. The molecule has 0 aromatic carbocycles. The van der Waals surface area contributed by atoms with Crippen LogP contribution < -0.4 is 5.32 Å². The van der Waals surface area contributed by atoms with E-state index >= 15 is 0 Å². The average molecular weight is 262 g/mol. The van der Waals surface area contributed by atoms with Gasteiger partial charge in [0.25, 0.3) is 0 Å². The van der Waals surface area contributed by atoms with Gasteiger partial charge >= 0.3 is 0 Å². The van der Waals surface area contributed by atoms with Gasteiger partial charge in [-0.25, -0.2) is 4.98 Å². The van der Waals surface area contributed by atoms with Crippen LogP contribution in [0.5, 0.6) is 0 Å². The third kappa shape index (κ3) is 3.44. The van der Waals surface area contributed by atoms with Gasteiger partial charge in [-0.05, 0) is 12.5 Å². The Morgan fingerprint density at radius 2 is 2.21 bits per heavy atom. The molecule has 0 aliphatic rings. The molecule has 0 aliphatic carbocycles. The lowest BCUT2D eigenvalue weighted by atomic mass is 10.3. The molecule has 2 rings (SSSR count). The lowest BCUT2D eigenvalue weighted by Crippen LogP contribution is -2.24. The fourth-order valence-corrected chi connectivity index (χ4v) is 1.94. The number of hydrogen-bond donors (Lipinski definition) is 1. The van der Waals surface area contributed by atoms with Gasteiger partial charge in [-0.1, -0.05) is 20.8 Å². The highest BCUT2D eigenvalue weighted by Gasteiger charge is 2.11. The molecule has 0 unspecified atom stereocenters. The van der Waals surface area contributed by atoms with Crippen molar-refractivity contribution in [2.45, 2.75) is 39.7 Å². The third-order valence-corrected chi connectivity index (χ3v) is 2.99. The van der Waals surface area contributed by atoms with Crippen molar-refractivity contribution in [3.63, 3.8) is 0 Å². The molecule has 2 aromatic heterocycles. The molecule has 1 N–H and O–H groups in total. The predicted octanol–water partition coefficient (Wildman–Crippen LogP) is 2.18. The summed E-state index contributed by atoms with van der Waals surface area (Å²) in [6.07, 6.45) is 3.50. The van der Waals surface area contributed by atoms with Crippen molar-refractivity contribution >= 4 is 0 Å². The van der Waals surface area contributed by atoms with Gasteiger partial charge in [0.15, 0.2) is 11.7 Å². The van der Waals surface area contributed by atoms with Crippen molar-refractivity contribution in [2.24, 2.45) is 7.05 Å². The number of aryl methyl sites for hydroxylation is 2. The standard InChI is InChI=1S/C14H22N4O/c1-5-11-8-12(18(4)17-11)13-9-16-14(19-13)6-7-15-10(2)3/h8-10,15H,5-7H2,1-4H3. The lowest BCUT2D eigenvalue weighted by molar-refractivity contribution is 0.481. The second-order valence-electron chi connectivity index (χ2n) is 4.98. The van der Waals surface area contributed by atoms with E-state index < -0.39 is 0 Å². The average Bonchev–Trinajstić information content (AvgIpc) is 2.95. The maximum atomic E-state index is 5.78. The minimum Gasteiger partial charge on any atom is -0.439 e. The largest absolute Gasteiger partial charge is 0.439 e. The minimum atomic E-state index is 0.485. The van der Waals surface area contributed by atoms with Crippen LogP contribution in [0, 0.1) is 0 Å². The SMILES string of the molecule is CCc1cc(-c2cnc(CCNC(C)C)o2)n(C)n1. The highest BCUT2D eigenvalue weighted by Crippen LogP contribution is 2.21. The topological polar surface area (TPSA) is 55.9 Å². The highest BCUT2D eigenvalue weighted by atomic mass is 16.4. The number of nitrogens with zero attached hydrogens (tertiary/aromatic N) is 3. The van der Waals surface area contributed by atoms with E-state index in [-0.39, 0.29) is 0 Å². The van der Waals surface area contributed by atoms with Gasteiger partial charge in [0.05, 0.1) is 11.9 Å². The van der Waals surface area contributed by atoms with Crippen LogP contribution >= 0.6 is 0 Å². The molecule has 0 saturated carbocycles.